The van der Waals surface area contributed by atoms with Crippen LogP contribution in [0.15, 0.2) is 24.3 Å². The Kier molecular flexibility index (Phi) is 11.0. The van der Waals surface area contributed by atoms with Gasteiger partial charge in [-0.05, 0) is 37.0 Å². The first kappa shape index (κ1) is 28.4. The Labute approximate surface area is 196 Å². The Balaban J connectivity index is 2.98. The van der Waals surface area contributed by atoms with Crippen molar-refractivity contribution in [2.75, 3.05) is 0 Å². The van der Waals surface area contributed by atoms with Crippen LogP contribution in [0.25, 0.3) is 0 Å². The molecule has 0 radical (unpaired) electrons. The van der Waals surface area contributed by atoms with Crippen molar-refractivity contribution >= 4 is 29.7 Å². The highest BCUT2D eigenvalue weighted by Crippen LogP contribution is 2.12. The molecule has 0 aliphatic heterocycles. The lowest BCUT2D eigenvalue weighted by Gasteiger charge is -2.24. The Morgan fingerprint density at radius 2 is 1.41 bits per heavy atom. The number of benzene rings is 1. The molecule has 0 aliphatic carbocycles. The largest absolute Gasteiger partial charge is 0.508 e. The zero-order chi connectivity index (χ0) is 26.0. The van der Waals surface area contributed by atoms with E-state index in [0.717, 1.165) is 0 Å². The fourth-order valence-corrected chi connectivity index (χ4v) is 3.01. The number of carbonyl (C=O) groups excluding carboxylic acids is 3. The number of carbonyl (C=O) groups is 5. The van der Waals surface area contributed by atoms with E-state index in [1.807, 2.05) is 0 Å². The second-order valence-corrected chi connectivity index (χ2v) is 8.40. The lowest BCUT2D eigenvalue weighted by Crippen LogP contribution is -2.57. The van der Waals surface area contributed by atoms with E-state index in [1.54, 1.807) is 26.0 Å². The van der Waals surface area contributed by atoms with E-state index < -0.39 is 60.2 Å². The van der Waals surface area contributed by atoms with Crippen LogP contribution in [0.4, 0.5) is 0 Å². The van der Waals surface area contributed by atoms with E-state index in [9.17, 15) is 34.2 Å². The molecular weight excluding hydrogens is 448 g/mol. The molecule has 0 saturated carbocycles. The lowest BCUT2D eigenvalue weighted by atomic mass is 10.0. The number of hydrogen-bond acceptors (Lipinski definition) is 7. The predicted octanol–water partition coefficient (Wildman–Crippen LogP) is -0.658. The molecule has 0 heterocycles. The maximum atomic E-state index is 12.9. The van der Waals surface area contributed by atoms with Crippen LogP contribution in [0.2, 0.25) is 0 Å². The van der Waals surface area contributed by atoms with Crippen LogP contribution in [0.5, 0.6) is 5.75 Å². The number of nitrogens with one attached hydrogen (secondary N) is 3. The second-order valence-electron chi connectivity index (χ2n) is 8.40. The first-order chi connectivity index (χ1) is 15.8. The summed E-state index contributed by atoms with van der Waals surface area (Å²) >= 11 is 0. The van der Waals surface area contributed by atoms with Crippen molar-refractivity contribution in [2.45, 2.75) is 64.2 Å². The van der Waals surface area contributed by atoms with E-state index in [0.29, 0.717) is 5.56 Å². The van der Waals surface area contributed by atoms with Gasteiger partial charge in [0.2, 0.25) is 17.7 Å². The molecule has 1 aromatic carbocycles. The second kappa shape index (κ2) is 13.1. The SMILES string of the molecule is CC(C)CC(NC(=O)C(Cc1ccc(O)cc1)NC(=O)C(C)NC(=O)C(N)CC(=O)O)C(=O)O. The van der Waals surface area contributed by atoms with Gasteiger partial charge in [0, 0.05) is 6.42 Å². The smallest absolute Gasteiger partial charge is 0.326 e. The maximum Gasteiger partial charge on any atom is 0.326 e. The molecule has 3 amide bonds. The molecule has 188 valence electrons. The number of rotatable bonds is 13. The van der Waals surface area contributed by atoms with Crippen molar-refractivity contribution in [3.05, 3.63) is 29.8 Å². The molecule has 0 fully saturated rings. The van der Waals surface area contributed by atoms with Gasteiger partial charge in [-0.3, -0.25) is 19.2 Å². The summed E-state index contributed by atoms with van der Waals surface area (Å²) < 4.78 is 0. The van der Waals surface area contributed by atoms with Crippen LogP contribution >= 0.6 is 0 Å². The fraction of sp³-hybridized carbons (Fsp3) is 0.500. The summed E-state index contributed by atoms with van der Waals surface area (Å²) in [5, 5.41) is 34.8. The van der Waals surface area contributed by atoms with Gasteiger partial charge in [0.05, 0.1) is 12.5 Å². The lowest BCUT2D eigenvalue weighted by molar-refractivity contribution is -0.142. The van der Waals surface area contributed by atoms with Crippen LogP contribution in [-0.4, -0.2) is 69.1 Å². The Morgan fingerprint density at radius 3 is 1.91 bits per heavy atom. The third-order valence-electron chi connectivity index (χ3n) is 4.81. The van der Waals surface area contributed by atoms with Crippen LogP contribution in [0, 0.1) is 5.92 Å². The van der Waals surface area contributed by atoms with E-state index >= 15 is 0 Å². The Hall–Kier alpha value is -3.67. The van der Waals surface area contributed by atoms with Gasteiger partial charge in [0.25, 0.3) is 0 Å². The maximum absolute atomic E-state index is 12.9. The minimum Gasteiger partial charge on any atom is -0.508 e. The number of aromatic hydroxyl groups is 1. The van der Waals surface area contributed by atoms with Crippen molar-refractivity contribution in [1.29, 1.82) is 0 Å². The molecule has 0 aromatic heterocycles. The van der Waals surface area contributed by atoms with Gasteiger partial charge in [0.15, 0.2) is 0 Å². The van der Waals surface area contributed by atoms with Crippen LogP contribution in [0.3, 0.4) is 0 Å². The van der Waals surface area contributed by atoms with Crippen molar-refractivity contribution in [2.24, 2.45) is 11.7 Å². The molecule has 12 heteroatoms. The average molecular weight is 481 g/mol. The van der Waals surface area contributed by atoms with Gasteiger partial charge < -0.3 is 37.0 Å². The number of aliphatic carboxylic acids is 2. The minimum absolute atomic E-state index is 0.00527. The topological polar surface area (TPSA) is 208 Å². The van der Waals surface area contributed by atoms with Crippen LogP contribution < -0.4 is 21.7 Å². The molecule has 12 nitrogen and oxygen atoms in total. The summed E-state index contributed by atoms with van der Waals surface area (Å²) in [6.45, 7) is 4.93. The van der Waals surface area contributed by atoms with Crippen LogP contribution in [-0.2, 0) is 30.4 Å². The monoisotopic (exact) mass is 480 g/mol. The number of carboxylic acids is 2. The van der Waals surface area contributed by atoms with E-state index in [1.165, 1.54) is 19.1 Å². The molecule has 0 saturated heterocycles. The fourth-order valence-electron chi connectivity index (χ4n) is 3.01. The molecule has 0 aliphatic rings. The number of nitrogens with two attached hydrogens (primary N) is 1. The molecule has 4 unspecified atom stereocenters. The van der Waals surface area contributed by atoms with Crippen molar-refractivity contribution in [3.8, 4) is 5.75 Å². The number of amides is 3. The molecule has 8 N–H and O–H groups in total. The molecule has 0 bridgehead atoms. The number of carboxylic acid groups (broad SMARTS) is 2. The molecule has 1 aromatic rings. The molecule has 0 spiro atoms. The van der Waals surface area contributed by atoms with Crippen molar-refractivity contribution < 1.29 is 39.3 Å². The summed E-state index contributed by atoms with van der Waals surface area (Å²) in [6.07, 6.45) is -0.474. The summed E-state index contributed by atoms with van der Waals surface area (Å²) in [5.41, 5.74) is 6.07. The first-order valence-electron chi connectivity index (χ1n) is 10.7. The third-order valence-corrected chi connectivity index (χ3v) is 4.81. The normalized spacial score (nSPS) is 14.4. The molecular formula is C22H32N4O8. The highest BCUT2D eigenvalue weighted by Gasteiger charge is 2.29. The number of phenolic OH excluding ortho intramolecular Hbond substituents is 1. The number of phenols is 1. The standard InChI is InChI=1S/C22H32N4O8/c1-11(2)8-17(22(33)34)26-21(32)16(9-13-4-6-14(27)7-5-13)25-19(30)12(3)24-20(31)15(23)10-18(28)29/h4-7,11-12,15-17,27H,8-10,23H2,1-3H3,(H,24,31)(H,25,30)(H,26,32)(H,28,29)(H,33,34). The average Bonchev–Trinajstić information content (AvgIpc) is 2.73. The van der Waals surface area contributed by atoms with Gasteiger partial charge >= 0.3 is 11.9 Å². The van der Waals surface area contributed by atoms with Gasteiger partial charge in [-0.2, -0.15) is 0 Å². The van der Waals surface area contributed by atoms with Crippen molar-refractivity contribution in [1.82, 2.24) is 16.0 Å². The summed E-state index contributed by atoms with van der Waals surface area (Å²) in [4.78, 5) is 59.8. The van der Waals surface area contributed by atoms with E-state index in [2.05, 4.69) is 16.0 Å². The van der Waals surface area contributed by atoms with Crippen LogP contribution in [0.1, 0.15) is 39.2 Å². The van der Waals surface area contributed by atoms with Gasteiger partial charge in [-0.15, -0.1) is 0 Å². The number of hydrogen-bond donors (Lipinski definition) is 7. The minimum atomic E-state index is -1.36. The summed E-state index contributed by atoms with van der Waals surface area (Å²) in [5.74, 6) is -4.86. The quantitative estimate of drug-likeness (QED) is 0.191. The highest BCUT2D eigenvalue weighted by molar-refractivity contribution is 5.94. The third kappa shape index (κ3) is 9.86. The Morgan fingerprint density at radius 1 is 0.853 bits per heavy atom. The van der Waals surface area contributed by atoms with E-state index in [-0.39, 0.29) is 24.5 Å². The summed E-state index contributed by atoms with van der Waals surface area (Å²) in [7, 11) is 0. The highest BCUT2D eigenvalue weighted by atomic mass is 16.4. The molecule has 34 heavy (non-hydrogen) atoms. The molecule has 1 rings (SSSR count). The van der Waals surface area contributed by atoms with E-state index in [4.69, 9.17) is 10.8 Å². The Bertz CT molecular complexity index is 887. The van der Waals surface area contributed by atoms with Gasteiger partial charge in [-0.1, -0.05) is 26.0 Å². The zero-order valence-electron chi connectivity index (χ0n) is 19.3. The zero-order valence-corrected chi connectivity index (χ0v) is 19.3. The molecule has 4 atom stereocenters. The van der Waals surface area contributed by atoms with Gasteiger partial charge in [0.1, 0.15) is 23.9 Å². The van der Waals surface area contributed by atoms with Crippen molar-refractivity contribution in [3.63, 3.8) is 0 Å². The summed E-state index contributed by atoms with van der Waals surface area (Å²) in [6, 6.07) is 0.997. The predicted molar refractivity (Wildman–Crippen MR) is 121 cm³/mol. The van der Waals surface area contributed by atoms with Gasteiger partial charge in [-0.25, -0.2) is 4.79 Å². The first-order valence-corrected chi connectivity index (χ1v) is 10.7.